The number of fused-ring (bicyclic) bond motifs is 5. The Kier molecular flexibility index (Phi) is 4.05. The molecule has 0 aliphatic heterocycles. The predicted octanol–water partition coefficient (Wildman–Crippen LogP) is 3.61. The Morgan fingerprint density at radius 1 is 1.11 bits per heavy atom. The van der Waals surface area contributed by atoms with E-state index in [0.29, 0.717) is 12.8 Å². The van der Waals surface area contributed by atoms with Gasteiger partial charge in [-0.3, -0.25) is 9.59 Å². The summed E-state index contributed by atoms with van der Waals surface area (Å²) in [6.07, 6.45) is 5.08. The Morgan fingerprint density at radius 3 is 2.36 bits per heavy atom. The molecule has 0 radical (unpaired) electrons. The lowest BCUT2D eigenvalue weighted by Gasteiger charge is -2.64. The number of ketones is 2. The Hall–Kier alpha value is -1.26. The highest BCUT2D eigenvalue weighted by Gasteiger charge is 2.69. The van der Waals surface area contributed by atoms with Crippen LogP contribution in [-0.4, -0.2) is 34.0 Å². The third-order valence-corrected chi connectivity index (χ3v) is 9.57. The molecule has 4 heteroatoms. The lowest BCUT2D eigenvalue weighted by molar-refractivity contribution is -0.170. The van der Waals surface area contributed by atoms with E-state index >= 15 is 0 Å². The Morgan fingerprint density at radius 2 is 1.75 bits per heavy atom. The van der Waals surface area contributed by atoms with Crippen LogP contribution in [0.3, 0.4) is 0 Å². The molecule has 28 heavy (non-hydrogen) atoms. The van der Waals surface area contributed by atoms with Gasteiger partial charge in [0.15, 0.2) is 5.78 Å². The fourth-order valence-electron chi connectivity index (χ4n) is 7.55. The average Bonchev–Trinajstić information content (AvgIpc) is 2.86. The largest absolute Gasteiger partial charge is 0.390 e. The van der Waals surface area contributed by atoms with Gasteiger partial charge in [0, 0.05) is 22.7 Å². The van der Waals surface area contributed by atoms with Crippen molar-refractivity contribution in [1.29, 1.82) is 0 Å². The van der Waals surface area contributed by atoms with Gasteiger partial charge in [-0.05, 0) is 49.0 Å². The third kappa shape index (κ3) is 2.09. The summed E-state index contributed by atoms with van der Waals surface area (Å²) in [5.41, 5.74) is 0.243. The second-order valence-electron chi connectivity index (χ2n) is 11.0. The zero-order valence-corrected chi connectivity index (χ0v) is 18.0. The molecule has 2 saturated carbocycles. The fraction of sp³-hybridized carbons (Fsp3) is 0.750. The van der Waals surface area contributed by atoms with Crippen molar-refractivity contribution in [3.63, 3.8) is 0 Å². The van der Waals surface area contributed by atoms with E-state index in [1.165, 1.54) is 0 Å². The van der Waals surface area contributed by atoms with Gasteiger partial charge < -0.3 is 10.2 Å². The van der Waals surface area contributed by atoms with Gasteiger partial charge in [-0.25, -0.2) is 0 Å². The number of allylic oxidation sites excluding steroid dienone is 3. The molecule has 0 aromatic rings. The number of aliphatic hydroxyl groups is 2. The summed E-state index contributed by atoms with van der Waals surface area (Å²) in [5.74, 6) is 0.342. The van der Waals surface area contributed by atoms with Crippen LogP contribution in [0, 0.1) is 33.5 Å². The van der Waals surface area contributed by atoms with Crippen molar-refractivity contribution in [3.05, 3.63) is 23.3 Å². The molecule has 0 saturated heterocycles. The standard InChI is InChI=1S/C24H34O4/c1-13(25)14-9-10-22(4)18-8-7-15-16(11-17(26)20(28)21(15,2)3)24(18,6)19(27)12-23(14,22)5/h7,9,16-18,20,26,28H,8,10-12H2,1-6H3. The lowest BCUT2D eigenvalue weighted by atomic mass is 9.38. The van der Waals surface area contributed by atoms with Crippen LogP contribution in [0.2, 0.25) is 0 Å². The first-order valence-corrected chi connectivity index (χ1v) is 10.6. The van der Waals surface area contributed by atoms with E-state index in [4.69, 9.17) is 0 Å². The molecule has 0 aromatic carbocycles. The van der Waals surface area contributed by atoms with Crippen molar-refractivity contribution >= 4 is 11.6 Å². The molecule has 7 atom stereocenters. The van der Waals surface area contributed by atoms with E-state index in [2.05, 4.69) is 32.9 Å². The lowest BCUT2D eigenvalue weighted by Crippen LogP contribution is -2.64. The van der Waals surface area contributed by atoms with Gasteiger partial charge in [0.25, 0.3) is 0 Å². The zero-order chi connectivity index (χ0) is 20.9. The number of aliphatic hydroxyl groups excluding tert-OH is 2. The summed E-state index contributed by atoms with van der Waals surface area (Å²) in [7, 11) is 0. The maximum absolute atomic E-state index is 13.8. The molecule has 0 heterocycles. The molecule has 154 valence electrons. The first-order valence-electron chi connectivity index (χ1n) is 10.6. The quantitative estimate of drug-likeness (QED) is 0.675. The van der Waals surface area contributed by atoms with Crippen molar-refractivity contribution in [1.82, 2.24) is 0 Å². The van der Waals surface area contributed by atoms with Crippen molar-refractivity contribution < 1.29 is 19.8 Å². The summed E-state index contributed by atoms with van der Waals surface area (Å²) in [6, 6.07) is 0. The molecule has 4 nitrogen and oxygen atoms in total. The minimum atomic E-state index is -0.823. The average molecular weight is 387 g/mol. The van der Waals surface area contributed by atoms with Crippen molar-refractivity contribution in [2.24, 2.45) is 33.5 Å². The molecule has 0 aromatic heterocycles. The topological polar surface area (TPSA) is 74.6 Å². The van der Waals surface area contributed by atoms with Gasteiger partial charge in [-0.2, -0.15) is 0 Å². The summed E-state index contributed by atoms with van der Waals surface area (Å²) in [5, 5.41) is 21.2. The molecule has 0 bridgehead atoms. The van der Waals surface area contributed by atoms with E-state index in [1.807, 2.05) is 13.8 Å². The van der Waals surface area contributed by atoms with Crippen LogP contribution in [0.5, 0.6) is 0 Å². The van der Waals surface area contributed by atoms with E-state index in [-0.39, 0.29) is 28.8 Å². The highest BCUT2D eigenvalue weighted by atomic mass is 16.3. The molecule has 0 spiro atoms. The van der Waals surface area contributed by atoms with Gasteiger partial charge in [0.2, 0.25) is 0 Å². The predicted molar refractivity (Wildman–Crippen MR) is 107 cm³/mol. The number of carbonyl (C=O) groups excluding carboxylic acids is 2. The highest BCUT2D eigenvalue weighted by molar-refractivity contribution is 5.98. The van der Waals surface area contributed by atoms with Crippen LogP contribution in [0.15, 0.2) is 23.3 Å². The molecule has 4 aliphatic rings. The molecule has 4 aliphatic carbocycles. The number of rotatable bonds is 1. The van der Waals surface area contributed by atoms with Crippen molar-refractivity contribution in [2.75, 3.05) is 0 Å². The molecule has 0 amide bonds. The van der Waals surface area contributed by atoms with Gasteiger partial charge in [0.05, 0.1) is 12.2 Å². The maximum Gasteiger partial charge on any atom is 0.156 e. The van der Waals surface area contributed by atoms with Crippen molar-refractivity contribution in [2.45, 2.75) is 79.4 Å². The molecular formula is C24H34O4. The first-order chi connectivity index (χ1) is 12.8. The normalized spacial score (nSPS) is 49.5. The summed E-state index contributed by atoms with van der Waals surface area (Å²) < 4.78 is 0. The van der Waals surface area contributed by atoms with Crippen LogP contribution in [-0.2, 0) is 9.59 Å². The molecular weight excluding hydrogens is 352 g/mol. The summed E-state index contributed by atoms with van der Waals surface area (Å²) >= 11 is 0. The summed E-state index contributed by atoms with van der Waals surface area (Å²) in [6.45, 7) is 12.0. The number of Topliss-reactive ketones (excluding diaryl/α,β-unsaturated/α-hetero) is 2. The minimum Gasteiger partial charge on any atom is -0.390 e. The second kappa shape index (κ2) is 5.66. The van der Waals surface area contributed by atoms with E-state index in [1.54, 1.807) is 6.92 Å². The van der Waals surface area contributed by atoms with E-state index in [9.17, 15) is 19.8 Å². The van der Waals surface area contributed by atoms with Crippen LogP contribution in [0.25, 0.3) is 0 Å². The second-order valence-corrected chi connectivity index (χ2v) is 11.0. The minimum absolute atomic E-state index is 0.0603. The van der Waals surface area contributed by atoms with Crippen LogP contribution in [0.1, 0.15) is 67.2 Å². The summed E-state index contributed by atoms with van der Waals surface area (Å²) in [4.78, 5) is 26.1. The van der Waals surface area contributed by atoms with E-state index < -0.39 is 28.5 Å². The van der Waals surface area contributed by atoms with Crippen LogP contribution < -0.4 is 0 Å². The van der Waals surface area contributed by atoms with Gasteiger partial charge >= 0.3 is 0 Å². The Balaban J connectivity index is 1.86. The third-order valence-electron chi connectivity index (χ3n) is 9.57. The number of hydrogen-bond donors (Lipinski definition) is 2. The smallest absolute Gasteiger partial charge is 0.156 e. The zero-order valence-electron chi connectivity index (χ0n) is 18.0. The molecule has 4 rings (SSSR count). The molecule has 2 fully saturated rings. The molecule has 2 N–H and O–H groups in total. The number of carbonyl (C=O) groups is 2. The fourth-order valence-corrected chi connectivity index (χ4v) is 7.55. The highest BCUT2D eigenvalue weighted by Crippen LogP contribution is 2.71. The van der Waals surface area contributed by atoms with Gasteiger partial charge in [-0.1, -0.05) is 52.3 Å². The Labute approximate surface area is 168 Å². The maximum atomic E-state index is 13.8. The molecule has 7 unspecified atom stereocenters. The van der Waals surface area contributed by atoms with Crippen LogP contribution in [0.4, 0.5) is 0 Å². The number of hydrogen-bond acceptors (Lipinski definition) is 4. The SMILES string of the molecule is CC(=O)C1=CCC2(C)C3CC=C4C(CC(O)C(O)C4(C)C)C3(C)C(=O)CC12C. The van der Waals surface area contributed by atoms with Crippen LogP contribution >= 0.6 is 0 Å². The van der Waals surface area contributed by atoms with E-state index in [0.717, 1.165) is 24.0 Å². The van der Waals surface area contributed by atoms with Crippen molar-refractivity contribution in [3.8, 4) is 0 Å². The first kappa shape index (κ1) is 20.0. The van der Waals surface area contributed by atoms with Gasteiger partial charge in [0.1, 0.15) is 5.78 Å². The Bertz CT molecular complexity index is 820. The monoisotopic (exact) mass is 386 g/mol. The van der Waals surface area contributed by atoms with Gasteiger partial charge in [-0.15, -0.1) is 0 Å².